The molecule has 0 bridgehead atoms. The normalized spacial score (nSPS) is 11.2. The number of sulfonamides is 1. The second-order valence-electron chi connectivity index (χ2n) is 3.73. The Hall–Kier alpha value is -1.95. The molecule has 0 aliphatic carbocycles. The molecule has 0 radical (unpaired) electrons. The summed E-state index contributed by atoms with van der Waals surface area (Å²) in [5.74, 6) is -0.394. The molecule has 0 amide bonds. The van der Waals surface area contributed by atoms with Gasteiger partial charge in [0.1, 0.15) is 11.6 Å². The van der Waals surface area contributed by atoms with Crippen LogP contribution in [-0.4, -0.2) is 13.4 Å². The Labute approximate surface area is 105 Å². The molecule has 0 atom stereocenters. The van der Waals surface area contributed by atoms with E-state index in [1.165, 1.54) is 24.3 Å². The first-order valence-corrected chi connectivity index (χ1v) is 6.68. The van der Waals surface area contributed by atoms with Crippen LogP contribution in [0, 0.1) is 12.7 Å². The van der Waals surface area contributed by atoms with Crippen molar-refractivity contribution >= 4 is 15.8 Å². The molecule has 6 heteroatoms. The summed E-state index contributed by atoms with van der Waals surface area (Å²) in [5, 5.41) is 0. The van der Waals surface area contributed by atoms with Crippen LogP contribution in [0.3, 0.4) is 0 Å². The Morgan fingerprint density at radius 3 is 2.56 bits per heavy atom. The number of hydrogen-bond donors (Lipinski definition) is 1. The number of nitrogens with zero attached hydrogens (tertiary/aromatic N) is 1. The predicted octanol–water partition coefficient (Wildman–Crippen LogP) is 2.33. The first kappa shape index (κ1) is 12.5. The topological polar surface area (TPSA) is 59.1 Å². The highest BCUT2D eigenvalue weighted by Crippen LogP contribution is 2.15. The zero-order chi connectivity index (χ0) is 13.2. The van der Waals surface area contributed by atoms with Crippen molar-refractivity contribution in [2.24, 2.45) is 0 Å². The van der Waals surface area contributed by atoms with E-state index in [9.17, 15) is 12.8 Å². The molecular formula is C12H11FN2O2S. The highest BCUT2D eigenvalue weighted by molar-refractivity contribution is 7.92. The Bertz CT molecular complexity index is 671. The van der Waals surface area contributed by atoms with Gasteiger partial charge in [-0.15, -0.1) is 0 Å². The Morgan fingerprint density at radius 2 is 1.89 bits per heavy atom. The molecule has 2 aromatic rings. The summed E-state index contributed by atoms with van der Waals surface area (Å²) in [6.07, 6.45) is 0. The van der Waals surface area contributed by atoms with E-state index in [-0.39, 0.29) is 10.7 Å². The lowest BCUT2D eigenvalue weighted by Gasteiger charge is -2.07. The van der Waals surface area contributed by atoms with Crippen molar-refractivity contribution in [2.45, 2.75) is 11.8 Å². The van der Waals surface area contributed by atoms with Crippen molar-refractivity contribution in [3.63, 3.8) is 0 Å². The minimum atomic E-state index is -3.81. The lowest BCUT2D eigenvalue weighted by atomic mass is 10.4. The van der Waals surface area contributed by atoms with Crippen molar-refractivity contribution in [1.29, 1.82) is 0 Å². The quantitative estimate of drug-likeness (QED) is 0.927. The van der Waals surface area contributed by atoms with Crippen molar-refractivity contribution in [2.75, 3.05) is 4.72 Å². The van der Waals surface area contributed by atoms with Crippen LogP contribution in [0.2, 0.25) is 0 Å². The highest BCUT2D eigenvalue weighted by atomic mass is 32.2. The van der Waals surface area contributed by atoms with Crippen molar-refractivity contribution < 1.29 is 12.8 Å². The van der Waals surface area contributed by atoms with Gasteiger partial charge in [0.05, 0.1) is 4.90 Å². The van der Waals surface area contributed by atoms with E-state index in [1.807, 2.05) is 0 Å². The first-order chi connectivity index (χ1) is 8.47. The van der Waals surface area contributed by atoms with Gasteiger partial charge in [0.2, 0.25) is 0 Å². The van der Waals surface area contributed by atoms with Crippen LogP contribution in [0.5, 0.6) is 0 Å². The number of nitrogens with one attached hydrogen (secondary N) is 1. The lowest BCUT2D eigenvalue weighted by Crippen LogP contribution is -2.14. The second-order valence-corrected chi connectivity index (χ2v) is 5.41. The van der Waals surface area contributed by atoms with Crippen LogP contribution in [0.1, 0.15) is 5.69 Å². The van der Waals surface area contributed by atoms with Gasteiger partial charge in [-0.1, -0.05) is 12.1 Å². The second kappa shape index (κ2) is 4.73. The number of aromatic nitrogens is 1. The molecule has 1 aromatic heterocycles. The van der Waals surface area contributed by atoms with Crippen LogP contribution in [0.25, 0.3) is 0 Å². The van der Waals surface area contributed by atoms with Crippen molar-refractivity contribution in [1.82, 2.24) is 4.98 Å². The van der Waals surface area contributed by atoms with Gasteiger partial charge in [-0.25, -0.2) is 17.8 Å². The maximum Gasteiger partial charge on any atom is 0.263 e. The molecule has 1 N–H and O–H groups in total. The average molecular weight is 266 g/mol. The number of benzene rings is 1. The van der Waals surface area contributed by atoms with E-state index in [1.54, 1.807) is 19.1 Å². The number of hydrogen-bond acceptors (Lipinski definition) is 3. The van der Waals surface area contributed by atoms with Crippen LogP contribution < -0.4 is 4.72 Å². The molecule has 0 aliphatic heterocycles. The fraction of sp³-hybridized carbons (Fsp3) is 0.0833. The summed E-state index contributed by atoms with van der Waals surface area (Å²) < 4.78 is 39.2. The summed E-state index contributed by atoms with van der Waals surface area (Å²) in [5.41, 5.74) is 0.689. The zero-order valence-corrected chi connectivity index (χ0v) is 10.4. The third-order valence-corrected chi connectivity index (χ3v) is 3.59. The summed E-state index contributed by atoms with van der Waals surface area (Å²) in [6, 6.07) is 9.77. The maximum absolute atomic E-state index is 13.0. The fourth-order valence-electron chi connectivity index (χ4n) is 1.43. The van der Waals surface area contributed by atoms with E-state index >= 15 is 0 Å². The maximum atomic E-state index is 13.0. The lowest BCUT2D eigenvalue weighted by molar-refractivity contribution is 0.595. The molecule has 0 unspecified atom stereocenters. The molecule has 1 aromatic carbocycles. The molecule has 4 nitrogen and oxygen atoms in total. The minimum Gasteiger partial charge on any atom is -0.263 e. The zero-order valence-electron chi connectivity index (χ0n) is 9.59. The molecule has 0 aliphatic rings. The fourth-order valence-corrected chi connectivity index (χ4v) is 2.46. The Balaban J connectivity index is 2.33. The van der Waals surface area contributed by atoms with E-state index in [2.05, 4.69) is 9.71 Å². The molecule has 2 rings (SSSR count). The number of halogens is 1. The standard InChI is InChI=1S/C12H11FN2O2S/c1-9-4-2-7-12(14-9)15-18(16,17)11-6-3-5-10(13)8-11/h2-8H,1H3,(H,14,15). The highest BCUT2D eigenvalue weighted by Gasteiger charge is 2.15. The molecular weight excluding hydrogens is 255 g/mol. The van der Waals surface area contributed by atoms with Crippen molar-refractivity contribution in [3.8, 4) is 0 Å². The van der Waals surface area contributed by atoms with Crippen LogP contribution in [-0.2, 0) is 10.0 Å². The number of rotatable bonds is 3. The van der Waals surface area contributed by atoms with Crippen LogP contribution in [0.4, 0.5) is 10.2 Å². The van der Waals surface area contributed by atoms with Gasteiger partial charge in [-0.05, 0) is 37.3 Å². The minimum absolute atomic E-state index is 0.134. The molecule has 1 heterocycles. The third-order valence-electron chi connectivity index (χ3n) is 2.23. The van der Waals surface area contributed by atoms with Gasteiger partial charge in [0.15, 0.2) is 0 Å². The number of aryl methyl sites for hydroxylation is 1. The number of anilines is 1. The largest absolute Gasteiger partial charge is 0.263 e. The van der Waals surface area contributed by atoms with E-state index < -0.39 is 15.8 Å². The molecule has 0 fully saturated rings. The van der Waals surface area contributed by atoms with Gasteiger partial charge in [-0.3, -0.25) is 4.72 Å². The Kier molecular flexibility index (Phi) is 3.29. The van der Waals surface area contributed by atoms with Gasteiger partial charge in [0.25, 0.3) is 10.0 Å². The molecule has 18 heavy (non-hydrogen) atoms. The van der Waals surface area contributed by atoms with Gasteiger partial charge >= 0.3 is 0 Å². The summed E-state index contributed by atoms with van der Waals surface area (Å²) in [7, 11) is -3.81. The summed E-state index contributed by atoms with van der Waals surface area (Å²) >= 11 is 0. The summed E-state index contributed by atoms with van der Waals surface area (Å²) in [4.78, 5) is 3.89. The first-order valence-electron chi connectivity index (χ1n) is 5.19. The van der Waals surface area contributed by atoms with E-state index in [0.717, 1.165) is 6.07 Å². The van der Waals surface area contributed by atoms with Gasteiger partial charge in [-0.2, -0.15) is 0 Å². The molecule has 0 saturated carbocycles. The van der Waals surface area contributed by atoms with E-state index in [0.29, 0.717) is 5.69 Å². The molecule has 94 valence electrons. The number of pyridine rings is 1. The van der Waals surface area contributed by atoms with E-state index in [4.69, 9.17) is 0 Å². The van der Waals surface area contributed by atoms with Crippen LogP contribution in [0.15, 0.2) is 47.4 Å². The van der Waals surface area contributed by atoms with Gasteiger partial charge in [0, 0.05) is 5.69 Å². The summed E-state index contributed by atoms with van der Waals surface area (Å²) in [6.45, 7) is 1.75. The molecule has 0 spiro atoms. The smallest absolute Gasteiger partial charge is 0.263 e. The third kappa shape index (κ3) is 2.84. The van der Waals surface area contributed by atoms with Crippen LogP contribution >= 0.6 is 0 Å². The SMILES string of the molecule is Cc1cccc(NS(=O)(=O)c2cccc(F)c2)n1. The predicted molar refractivity (Wildman–Crippen MR) is 66.2 cm³/mol. The average Bonchev–Trinajstić information content (AvgIpc) is 2.28. The monoisotopic (exact) mass is 266 g/mol. The molecule has 0 saturated heterocycles. The van der Waals surface area contributed by atoms with Gasteiger partial charge < -0.3 is 0 Å². The van der Waals surface area contributed by atoms with Crippen molar-refractivity contribution in [3.05, 3.63) is 54.0 Å². The Morgan fingerprint density at radius 1 is 1.17 bits per heavy atom.